The zero-order valence-corrected chi connectivity index (χ0v) is 12.5. The maximum Gasteiger partial charge on any atom is 0.124 e. The number of benzene rings is 1. The van der Waals surface area contributed by atoms with E-state index in [1.165, 1.54) is 17.5 Å². The fourth-order valence-electron chi connectivity index (χ4n) is 3.15. The Labute approximate surface area is 116 Å². The molecule has 0 bridgehead atoms. The lowest BCUT2D eigenvalue weighted by molar-refractivity contribution is -0.0817. The molecule has 0 aromatic heterocycles. The summed E-state index contributed by atoms with van der Waals surface area (Å²) in [5.41, 5.74) is 9.95. The molecule has 1 aliphatic carbocycles. The Morgan fingerprint density at radius 1 is 1.26 bits per heavy atom. The van der Waals surface area contributed by atoms with E-state index >= 15 is 0 Å². The fraction of sp³-hybridized carbons (Fsp3) is 0.625. The number of rotatable bonds is 5. The van der Waals surface area contributed by atoms with Gasteiger partial charge in [0, 0.05) is 18.7 Å². The zero-order valence-electron chi connectivity index (χ0n) is 12.5. The van der Waals surface area contributed by atoms with Gasteiger partial charge in [0.2, 0.25) is 0 Å². The van der Waals surface area contributed by atoms with E-state index in [-0.39, 0.29) is 11.6 Å². The summed E-state index contributed by atoms with van der Waals surface area (Å²) < 4.78 is 11.2. The highest BCUT2D eigenvalue weighted by atomic mass is 16.5. The fourth-order valence-corrected chi connectivity index (χ4v) is 3.15. The molecule has 3 nitrogen and oxygen atoms in total. The molecule has 0 aliphatic heterocycles. The lowest BCUT2D eigenvalue weighted by atomic mass is 9.74. The number of nitrogens with two attached hydrogens (primary N) is 1. The van der Waals surface area contributed by atoms with Gasteiger partial charge in [0.15, 0.2) is 0 Å². The third kappa shape index (κ3) is 2.77. The molecule has 106 valence electrons. The van der Waals surface area contributed by atoms with Gasteiger partial charge >= 0.3 is 0 Å². The quantitative estimate of drug-likeness (QED) is 0.886. The molecule has 0 saturated heterocycles. The van der Waals surface area contributed by atoms with Crippen LogP contribution in [0, 0.1) is 13.8 Å². The highest BCUT2D eigenvalue weighted by Gasteiger charge is 2.39. The smallest absolute Gasteiger partial charge is 0.124 e. The number of hydrogen-bond acceptors (Lipinski definition) is 3. The largest absolute Gasteiger partial charge is 0.496 e. The van der Waals surface area contributed by atoms with E-state index in [1.54, 1.807) is 14.2 Å². The highest BCUT2D eigenvalue weighted by molar-refractivity contribution is 5.45. The lowest BCUT2D eigenvalue weighted by Crippen LogP contribution is -2.42. The van der Waals surface area contributed by atoms with Crippen LogP contribution in [0.2, 0.25) is 0 Å². The molecule has 1 aromatic carbocycles. The van der Waals surface area contributed by atoms with E-state index in [2.05, 4.69) is 26.0 Å². The van der Waals surface area contributed by atoms with Crippen molar-refractivity contribution in [2.45, 2.75) is 51.2 Å². The van der Waals surface area contributed by atoms with Crippen molar-refractivity contribution in [1.82, 2.24) is 0 Å². The van der Waals surface area contributed by atoms with Crippen LogP contribution < -0.4 is 10.5 Å². The monoisotopic (exact) mass is 263 g/mol. The summed E-state index contributed by atoms with van der Waals surface area (Å²) >= 11 is 0. The molecule has 1 saturated carbocycles. The Morgan fingerprint density at radius 3 is 2.42 bits per heavy atom. The van der Waals surface area contributed by atoms with Crippen LogP contribution in [0.3, 0.4) is 0 Å². The first-order valence-electron chi connectivity index (χ1n) is 6.97. The van der Waals surface area contributed by atoms with Gasteiger partial charge in [0.05, 0.1) is 12.7 Å². The molecule has 0 amide bonds. The number of methoxy groups -OCH3 is 2. The molecule has 0 spiro atoms. The van der Waals surface area contributed by atoms with Gasteiger partial charge in [-0.3, -0.25) is 0 Å². The van der Waals surface area contributed by atoms with Gasteiger partial charge in [-0.2, -0.15) is 0 Å². The van der Waals surface area contributed by atoms with Crippen LogP contribution in [0.5, 0.6) is 5.75 Å². The second-order valence-electron chi connectivity index (χ2n) is 5.75. The van der Waals surface area contributed by atoms with Crippen molar-refractivity contribution in [3.05, 3.63) is 28.8 Å². The number of aryl methyl sites for hydroxylation is 2. The summed E-state index contributed by atoms with van der Waals surface area (Å²) in [6.07, 6.45) is 4.34. The minimum atomic E-state index is -0.0317. The summed E-state index contributed by atoms with van der Waals surface area (Å²) in [7, 11) is 3.50. The molecule has 3 heteroatoms. The van der Waals surface area contributed by atoms with Crippen molar-refractivity contribution in [2.75, 3.05) is 14.2 Å². The van der Waals surface area contributed by atoms with E-state index < -0.39 is 0 Å². The average Bonchev–Trinajstić information content (AvgIpc) is 2.32. The van der Waals surface area contributed by atoms with Gasteiger partial charge in [0.25, 0.3) is 0 Å². The van der Waals surface area contributed by atoms with Crippen molar-refractivity contribution in [1.29, 1.82) is 0 Å². The normalized spacial score (nSPS) is 18.8. The maximum atomic E-state index is 6.43. The van der Waals surface area contributed by atoms with Gasteiger partial charge in [-0.25, -0.2) is 0 Å². The molecule has 1 aliphatic rings. The van der Waals surface area contributed by atoms with Gasteiger partial charge in [-0.15, -0.1) is 0 Å². The van der Waals surface area contributed by atoms with Gasteiger partial charge in [-0.1, -0.05) is 6.07 Å². The zero-order chi connectivity index (χ0) is 14.0. The summed E-state index contributed by atoms with van der Waals surface area (Å²) in [4.78, 5) is 0. The predicted molar refractivity (Wildman–Crippen MR) is 77.6 cm³/mol. The van der Waals surface area contributed by atoms with E-state index in [0.29, 0.717) is 0 Å². The molecule has 2 N–H and O–H groups in total. The first-order chi connectivity index (χ1) is 9.01. The van der Waals surface area contributed by atoms with Crippen LogP contribution in [-0.2, 0) is 4.74 Å². The highest BCUT2D eigenvalue weighted by Crippen LogP contribution is 2.43. The lowest BCUT2D eigenvalue weighted by Gasteiger charge is -2.42. The molecule has 19 heavy (non-hydrogen) atoms. The first kappa shape index (κ1) is 14.4. The third-order valence-electron chi connectivity index (χ3n) is 4.37. The topological polar surface area (TPSA) is 44.5 Å². The van der Waals surface area contributed by atoms with Gasteiger partial charge in [-0.05, 0) is 56.7 Å². The molecular weight excluding hydrogens is 238 g/mol. The Hall–Kier alpha value is -1.06. The Morgan fingerprint density at radius 2 is 1.95 bits per heavy atom. The summed E-state index contributed by atoms with van der Waals surface area (Å²) in [5, 5.41) is 0. The Balaban J connectivity index is 2.25. The maximum absolute atomic E-state index is 6.43. The van der Waals surface area contributed by atoms with Crippen molar-refractivity contribution < 1.29 is 9.47 Å². The summed E-state index contributed by atoms with van der Waals surface area (Å²) in [5.74, 6) is 0.899. The second kappa shape index (κ2) is 5.51. The Bertz CT molecular complexity index is 447. The Kier molecular flexibility index (Phi) is 4.16. The van der Waals surface area contributed by atoms with Gasteiger partial charge in [0.1, 0.15) is 5.75 Å². The minimum absolute atomic E-state index is 0.0121. The van der Waals surface area contributed by atoms with E-state index in [4.69, 9.17) is 15.2 Å². The van der Waals surface area contributed by atoms with E-state index in [9.17, 15) is 0 Å². The third-order valence-corrected chi connectivity index (χ3v) is 4.37. The molecule has 1 atom stereocenters. The van der Waals surface area contributed by atoms with Crippen LogP contribution in [-0.4, -0.2) is 19.8 Å². The second-order valence-corrected chi connectivity index (χ2v) is 5.75. The van der Waals surface area contributed by atoms with Crippen LogP contribution in [0.15, 0.2) is 12.1 Å². The molecular formula is C16H25NO2. The van der Waals surface area contributed by atoms with E-state index in [1.807, 2.05) is 0 Å². The average molecular weight is 263 g/mol. The van der Waals surface area contributed by atoms with Crippen LogP contribution in [0.4, 0.5) is 0 Å². The van der Waals surface area contributed by atoms with Crippen LogP contribution >= 0.6 is 0 Å². The SMILES string of the molecule is COc1cc(C)cc(C)c1C(N)CC1(OC)CCC1. The standard InChI is InChI=1S/C16H25NO2/c1-11-8-12(2)15(14(9-11)18-3)13(17)10-16(19-4)6-5-7-16/h8-9,13H,5-7,10,17H2,1-4H3. The van der Waals surface area contributed by atoms with Crippen LogP contribution in [0.1, 0.15) is 48.4 Å². The number of ether oxygens (including phenoxy) is 2. The van der Waals surface area contributed by atoms with Crippen molar-refractivity contribution in [3.8, 4) is 5.75 Å². The number of hydrogen-bond donors (Lipinski definition) is 1. The van der Waals surface area contributed by atoms with E-state index in [0.717, 1.165) is 30.6 Å². The summed E-state index contributed by atoms with van der Waals surface area (Å²) in [6.45, 7) is 4.18. The molecule has 1 aromatic rings. The predicted octanol–water partition coefficient (Wildman–Crippen LogP) is 3.27. The van der Waals surface area contributed by atoms with Gasteiger partial charge < -0.3 is 15.2 Å². The van der Waals surface area contributed by atoms with Crippen molar-refractivity contribution in [3.63, 3.8) is 0 Å². The van der Waals surface area contributed by atoms with Crippen molar-refractivity contribution >= 4 is 0 Å². The minimum Gasteiger partial charge on any atom is -0.496 e. The van der Waals surface area contributed by atoms with Crippen LogP contribution in [0.25, 0.3) is 0 Å². The van der Waals surface area contributed by atoms with Crippen molar-refractivity contribution in [2.24, 2.45) is 5.73 Å². The first-order valence-corrected chi connectivity index (χ1v) is 6.97. The molecule has 0 radical (unpaired) electrons. The molecule has 0 heterocycles. The molecule has 1 fully saturated rings. The molecule has 2 rings (SSSR count). The summed E-state index contributed by atoms with van der Waals surface area (Å²) in [6, 6.07) is 4.19. The molecule has 1 unspecified atom stereocenters.